The lowest BCUT2D eigenvalue weighted by Crippen LogP contribution is -2.47. The highest BCUT2D eigenvalue weighted by Gasteiger charge is 2.48. The number of nitrogens with one attached hydrogen (secondary N) is 2. The Labute approximate surface area is 133 Å². The van der Waals surface area contributed by atoms with E-state index in [9.17, 15) is 24.0 Å². The first-order valence-electron chi connectivity index (χ1n) is 7.72. The lowest BCUT2D eigenvalue weighted by Gasteiger charge is -2.20. The second-order valence-corrected chi connectivity index (χ2v) is 5.59. The zero-order chi connectivity index (χ0) is 17.0. The van der Waals surface area contributed by atoms with Gasteiger partial charge < -0.3 is 5.32 Å². The molecule has 0 aromatic rings. The topological polar surface area (TPSA) is 116 Å². The minimum absolute atomic E-state index is 0.278. The predicted octanol–water partition coefficient (Wildman–Crippen LogP) is -0.0444. The molecular weight excluding hydrogens is 304 g/mol. The van der Waals surface area contributed by atoms with Gasteiger partial charge >= 0.3 is 23.9 Å². The lowest BCUT2D eigenvalue weighted by atomic mass is 10.2. The first-order valence-corrected chi connectivity index (χ1v) is 7.72. The van der Waals surface area contributed by atoms with Crippen LogP contribution in [-0.2, 0) is 14.4 Å². The molecule has 0 radical (unpaired) electrons. The van der Waals surface area contributed by atoms with E-state index in [4.69, 9.17) is 0 Å². The van der Waals surface area contributed by atoms with Gasteiger partial charge in [0.2, 0.25) is 5.91 Å². The van der Waals surface area contributed by atoms with Crippen molar-refractivity contribution in [2.75, 3.05) is 13.1 Å². The molecule has 0 unspecified atom stereocenters. The van der Waals surface area contributed by atoms with E-state index in [-0.39, 0.29) is 6.04 Å². The van der Waals surface area contributed by atoms with Crippen LogP contribution in [0, 0.1) is 0 Å². The van der Waals surface area contributed by atoms with Crippen molar-refractivity contribution in [1.82, 2.24) is 20.4 Å². The second kappa shape index (κ2) is 7.21. The van der Waals surface area contributed by atoms with Crippen molar-refractivity contribution in [1.29, 1.82) is 0 Å². The molecule has 2 rings (SSSR count). The number of hydrogen-bond acceptors (Lipinski definition) is 5. The first kappa shape index (κ1) is 16.9. The number of hydrogen-bond donors (Lipinski definition) is 2. The quantitative estimate of drug-likeness (QED) is 0.543. The van der Waals surface area contributed by atoms with E-state index < -0.39 is 36.3 Å². The number of carbonyl (C=O) groups excluding carboxylic acids is 5. The number of urea groups is 2. The molecule has 2 fully saturated rings. The molecule has 126 valence electrons. The standard InChI is InChI=1S/C14H20N4O5/c1-2-7-15-13(22)16-10(19)8-17-11(20)12(21)18(14(17)23)9-5-3-4-6-9/h9H,2-8H2,1H3,(H2,15,16,19,22). The minimum atomic E-state index is -1.02. The highest BCUT2D eigenvalue weighted by molar-refractivity contribution is 6.45. The summed E-state index contributed by atoms with van der Waals surface area (Å²) in [6.07, 6.45) is 3.84. The fraction of sp³-hybridized carbons (Fsp3) is 0.643. The Kier molecular flexibility index (Phi) is 5.30. The fourth-order valence-electron chi connectivity index (χ4n) is 2.74. The molecule has 2 aliphatic rings. The molecule has 7 amide bonds. The van der Waals surface area contributed by atoms with Crippen molar-refractivity contribution in [2.45, 2.75) is 45.1 Å². The molecule has 0 aromatic carbocycles. The first-order chi connectivity index (χ1) is 11.0. The van der Waals surface area contributed by atoms with E-state index in [1.165, 1.54) is 0 Å². The summed E-state index contributed by atoms with van der Waals surface area (Å²) in [5, 5.41) is 4.45. The number of imide groups is 3. The molecule has 1 aliphatic heterocycles. The number of carbonyl (C=O) groups is 5. The Hall–Kier alpha value is -2.45. The van der Waals surface area contributed by atoms with Crippen molar-refractivity contribution in [3.8, 4) is 0 Å². The van der Waals surface area contributed by atoms with Gasteiger partial charge in [0.05, 0.1) is 0 Å². The van der Waals surface area contributed by atoms with Gasteiger partial charge in [0.1, 0.15) is 6.54 Å². The van der Waals surface area contributed by atoms with Crippen LogP contribution in [0.2, 0.25) is 0 Å². The molecule has 23 heavy (non-hydrogen) atoms. The smallest absolute Gasteiger partial charge is 0.334 e. The molecule has 0 aromatic heterocycles. The minimum Gasteiger partial charge on any atom is -0.338 e. The van der Waals surface area contributed by atoms with Crippen LogP contribution in [0.25, 0.3) is 0 Å². The summed E-state index contributed by atoms with van der Waals surface area (Å²) in [5.41, 5.74) is 0. The van der Waals surface area contributed by atoms with Crippen LogP contribution in [0.1, 0.15) is 39.0 Å². The molecule has 1 heterocycles. The largest absolute Gasteiger partial charge is 0.338 e. The number of amides is 7. The SMILES string of the molecule is CCCNC(=O)NC(=O)CN1C(=O)C(=O)N(C2CCCC2)C1=O. The van der Waals surface area contributed by atoms with Gasteiger partial charge in [-0.1, -0.05) is 19.8 Å². The summed E-state index contributed by atoms with van der Waals surface area (Å²) in [6, 6.07) is -1.76. The maximum Gasteiger partial charge on any atom is 0.334 e. The van der Waals surface area contributed by atoms with Crippen LogP contribution in [0.5, 0.6) is 0 Å². The van der Waals surface area contributed by atoms with E-state index in [1.54, 1.807) is 0 Å². The van der Waals surface area contributed by atoms with Crippen molar-refractivity contribution in [2.24, 2.45) is 0 Å². The van der Waals surface area contributed by atoms with Crippen LogP contribution in [0.4, 0.5) is 9.59 Å². The second-order valence-electron chi connectivity index (χ2n) is 5.59. The molecule has 2 N–H and O–H groups in total. The van der Waals surface area contributed by atoms with Gasteiger partial charge in [-0.3, -0.25) is 24.6 Å². The van der Waals surface area contributed by atoms with E-state index >= 15 is 0 Å². The van der Waals surface area contributed by atoms with Crippen LogP contribution in [0.15, 0.2) is 0 Å². The monoisotopic (exact) mass is 324 g/mol. The molecule has 9 nitrogen and oxygen atoms in total. The van der Waals surface area contributed by atoms with E-state index in [0.717, 1.165) is 17.7 Å². The number of nitrogens with zero attached hydrogens (tertiary/aromatic N) is 2. The van der Waals surface area contributed by atoms with Crippen molar-refractivity contribution in [3.05, 3.63) is 0 Å². The molecule has 1 saturated heterocycles. The molecule has 0 atom stereocenters. The third-order valence-corrected chi connectivity index (χ3v) is 3.86. The number of rotatable bonds is 5. The van der Waals surface area contributed by atoms with Gasteiger partial charge in [-0.25, -0.2) is 14.5 Å². The molecular formula is C14H20N4O5. The summed E-state index contributed by atoms with van der Waals surface area (Å²) < 4.78 is 0. The zero-order valence-corrected chi connectivity index (χ0v) is 13.0. The van der Waals surface area contributed by atoms with Gasteiger partial charge in [-0.05, 0) is 19.3 Å². The Bertz CT molecular complexity index is 541. The Morgan fingerprint density at radius 3 is 2.39 bits per heavy atom. The average molecular weight is 324 g/mol. The summed E-state index contributed by atoms with van der Waals surface area (Å²) >= 11 is 0. The molecule has 0 bridgehead atoms. The summed E-state index contributed by atoms with van der Waals surface area (Å²) in [6.45, 7) is 1.60. The fourth-order valence-corrected chi connectivity index (χ4v) is 2.74. The van der Waals surface area contributed by atoms with Crippen molar-refractivity contribution in [3.63, 3.8) is 0 Å². The van der Waals surface area contributed by atoms with Gasteiger partial charge in [-0.15, -0.1) is 0 Å². The van der Waals surface area contributed by atoms with Gasteiger partial charge in [0.25, 0.3) is 0 Å². The highest BCUT2D eigenvalue weighted by Crippen LogP contribution is 2.27. The summed E-state index contributed by atoms with van der Waals surface area (Å²) in [4.78, 5) is 60.8. The average Bonchev–Trinajstić information content (AvgIpc) is 3.09. The third kappa shape index (κ3) is 3.66. The Balaban J connectivity index is 1.95. The van der Waals surface area contributed by atoms with Crippen molar-refractivity contribution >= 4 is 29.8 Å². The molecule has 1 aliphatic carbocycles. The summed E-state index contributed by atoms with van der Waals surface area (Å²) in [7, 11) is 0. The highest BCUT2D eigenvalue weighted by atomic mass is 16.2. The normalized spacial score (nSPS) is 18.7. The Morgan fingerprint density at radius 1 is 1.13 bits per heavy atom. The molecule has 1 saturated carbocycles. The van der Waals surface area contributed by atoms with E-state index in [1.807, 2.05) is 12.2 Å². The lowest BCUT2D eigenvalue weighted by molar-refractivity contribution is -0.144. The van der Waals surface area contributed by atoms with Gasteiger partial charge in [0, 0.05) is 12.6 Å². The van der Waals surface area contributed by atoms with Crippen LogP contribution in [0.3, 0.4) is 0 Å². The third-order valence-electron chi connectivity index (χ3n) is 3.86. The molecule has 0 spiro atoms. The van der Waals surface area contributed by atoms with Crippen LogP contribution >= 0.6 is 0 Å². The Morgan fingerprint density at radius 2 is 1.78 bits per heavy atom. The van der Waals surface area contributed by atoms with Gasteiger partial charge in [0.15, 0.2) is 0 Å². The summed E-state index contributed by atoms with van der Waals surface area (Å²) in [5.74, 6) is -2.74. The zero-order valence-electron chi connectivity index (χ0n) is 13.0. The predicted molar refractivity (Wildman–Crippen MR) is 78.0 cm³/mol. The maximum atomic E-state index is 12.2. The van der Waals surface area contributed by atoms with Crippen molar-refractivity contribution < 1.29 is 24.0 Å². The van der Waals surface area contributed by atoms with Crippen LogP contribution < -0.4 is 10.6 Å². The van der Waals surface area contributed by atoms with E-state index in [0.29, 0.717) is 30.7 Å². The molecule has 9 heteroatoms. The maximum absolute atomic E-state index is 12.2. The van der Waals surface area contributed by atoms with E-state index in [2.05, 4.69) is 5.32 Å². The van der Waals surface area contributed by atoms with Gasteiger partial charge in [-0.2, -0.15) is 0 Å². The van der Waals surface area contributed by atoms with Crippen LogP contribution in [-0.4, -0.2) is 58.7 Å².